The molecule has 1 saturated heterocycles. The molecule has 6 nitrogen and oxygen atoms in total. The number of aromatic nitrogens is 1. The summed E-state index contributed by atoms with van der Waals surface area (Å²) in [6.45, 7) is 2.43. The molecule has 0 saturated carbocycles. The molecular weight excluding hydrogens is 390 g/mol. The number of rotatable bonds is 2. The number of anilines is 1. The van der Waals surface area contributed by atoms with Gasteiger partial charge >= 0.3 is 0 Å². The molecule has 1 atom stereocenters. The predicted octanol–water partition coefficient (Wildman–Crippen LogP) is 3.71. The van der Waals surface area contributed by atoms with Gasteiger partial charge in [0.2, 0.25) is 0 Å². The second kappa shape index (κ2) is 7.30. The largest absolute Gasteiger partial charge is 0.383 e. The Morgan fingerprint density at radius 2 is 2.00 bits per heavy atom. The van der Waals surface area contributed by atoms with Gasteiger partial charge in [-0.05, 0) is 41.5 Å². The molecular formula is C22H20ClN3O3. The zero-order valence-corrected chi connectivity index (χ0v) is 16.5. The average Bonchev–Trinajstić information content (AvgIpc) is 3.24. The summed E-state index contributed by atoms with van der Waals surface area (Å²) >= 11 is 6.17. The van der Waals surface area contributed by atoms with E-state index < -0.39 is 0 Å². The number of nitrogen functional groups attached to an aromatic ring is 1. The minimum atomic E-state index is -0.177. The van der Waals surface area contributed by atoms with E-state index in [-0.39, 0.29) is 11.9 Å². The lowest BCUT2D eigenvalue weighted by molar-refractivity contribution is -0.00268. The molecule has 2 aliphatic rings. The predicted molar refractivity (Wildman–Crippen MR) is 111 cm³/mol. The van der Waals surface area contributed by atoms with Crippen LogP contribution in [0.3, 0.4) is 0 Å². The van der Waals surface area contributed by atoms with Gasteiger partial charge < -0.3 is 20.1 Å². The first-order valence-corrected chi connectivity index (χ1v) is 9.92. The molecule has 2 aliphatic heterocycles. The van der Waals surface area contributed by atoms with Crippen molar-refractivity contribution in [2.75, 3.05) is 25.5 Å². The second-order valence-corrected chi connectivity index (χ2v) is 7.76. The number of carbonyl (C=O) groups is 1. The van der Waals surface area contributed by atoms with E-state index in [2.05, 4.69) is 4.98 Å². The Morgan fingerprint density at radius 1 is 1.14 bits per heavy atom. The van der Waals surface area contributed by atoms with E-state index in [9.17, 15) is 4.79 Å². The third-order valence-corrected chi connectivity index (χ3v) is 5.83. The Kier molecular flexibility index (Phi) is 4.62. The van der Waals surface area contributed by atoms with E-state index in [1.54, 1.807) is 0 Å². The molecule has 2 aromatic carbocycles. The number of halogens is 1. The average molecular weight is 410 g/mol. The van der Waals surface area contributed by atoms with Crippen LogP contribution < -0.4 is 5.73 Å². The van der Waals surface area contributed by atoms with Crippen molar-refractivity contribution in [1.82, 2.24) is 9.88 Å². The van der Waals surface area contributed by atoms with Crippen LogP contribution in [0.5, 0.6) is 0 Å². The van der Waals surface area contributed by atoms with Crippen LogP contribution in [0.2, 0.25) is 5.02 Å². The van der Waals surface area contributed by atoms with E-state index in [1.165, 1.54) is 0 Å². The van der Waals surface area contributed by atoms with Crippen molar-refractivity contribution in [1.29, 1.82) is 0 Å². The zero-order chi connectivity index (χ0) is 20.0. The Labute approximate surface area is 173 Å². The first kappa shape index (κ1) is 18.4. The first-order valence-electron chi connectivity index (χ1n) is 9.55. The monoisotopic (exact) mass is 409 g/mol. The Morgan fingerprint density at radius 3 is 2.86 bits per heavy atom. The highest BCUT2D eigenvalue weighted by Gasteiger charge is 2.30. The summed E-state index contributed by atoms with van der Waals surface area (Å²) in [6, 6.07) is 13.0. The van der Waals surface area contributed by atoms with E-state index >= 15 is 0 Å². The fraction of sp³-hybridized carbons (Fsp3) is 0.273. The fourth-order valence-electron chi connectivity index (χ4n) is 4.11. The molecule has 1 amide bonds. The molecule has 29 heavy (non-hydrogen) atoms. The van der Waals surface area contributed by atoms with E-state index in [4.69, 9.17) is 26.8 Å². The molecule has 2 N–H and O–H groups in total. The van der Waals surface area contributed by atoms with Gasteiger partial charge in [0.15, 0.2) is 0 Å². The van der Waals surface area contributed by atoms with Crippen LogP contribution in [0.4, 0.5) is 5.82 Å². The molecule has 0 aliphatic carbocycles. The molecule has 0 spiro atoms. The maximum atomic E-state index is 13.4. The molecule has 0 unspecified atom stereocenters. The van der Waals surface area contributed by atoms with Gasteiger partial charge in [-0.2, -0.15) is 0 Å². The van der Waals surface area contributed by atoms with Crippen LogP contribution in [0, 0.1) is 0 Å². The van der Waals surface area contributed by atoms with Crippen molar-refractivity contribution in [2.45, 2.75) is 19.3 Å². The molecule has 3 aromatic rings. The number of hydrogen-bond donors (Lipinski definition) is 1. The van der Waals surface area contributed by atoms with Gasteiger partial charge in [-0.25, -0.2) is 4.98 Å². The molecule has 7 heteroatoms. The number of pyridine rings is 1. The minimum Gasteiger partial charge on any atom is -0.383 e. The van der Waals surface area contributed by atoms with Crippen molar-refractivity contribution >= 4 is 34.2 Å². The summed E-state index contributed by atoms with van der Waals surface area (Å²) in [5, 5.41) is 1.57. The van der Waals surface area contributed by atoms with Gasteiger partial charge in [0.05, 0.1) is 38.0 Å². The number of hydrogen-bond acceptors (Lipinski definition) is 5. The number of morpholine rings is 1. The summed E-state index contributed by atoms with van der Waals surface area (Å²) < 4.78 is 11.2. The lowest BCUT2D eigenvalue weighted by Crippen LogP contribution is -2.43. The smallest absolute Gasteiger partial charge is 0.254 e. The van der Waals surface area contributed by atoms with E-state index in [0.29, 0.717) is 49.4 Å². The van der Waals surface area contributed by atoms with Crippen LogP contribution in [0.15, 0.2) is 42.5 Å². The van der Waals surface area contributed by atoms with Crippen LogP contribution in [0.1, 0.15) is 33.1 Å². The Bertz CT molecular complexity index is 1120. The standard InChI is InChI=1S/C22H20ClN3O3/c23-15-3-1-2-13(8-15)20-12-28-7-6-26(20)22(27)14-4-5-19-16(9-14)17-10-29-11-18(17)21(24)25-19/h1-5,8-9,20H,6-7,10-12H2,(H2,24,25)/t20-/m1/s1. The van der Waals surface area contributed by atoms with Gasteiger partial charge in [-0.15, -0.1) is 0 Å². The highest BCUT2D eigenvalue weighted by atomic mass is 35.5. The number of nitrogens with zero attached hydrogens (tertiary/aromatic N) is 2. The SMILES string of the molecule is Nc1nc2ccc(C(=O)N3CCOC[C@@H]3c3cccc(Cl)c3)cc2c2c1COC2. The molecule has 3 heterocycles. The van der Waals surface area contributed by atoms with Crippen molar-refractivity contribution in [3.8, 4) is 0 Å². The van der Waals surface area contributed by atoms with Crippen molar-refractivity contribution in [3.05, 3.63) is 69.7 Å². The molecule has 5 rings (SSSR count). The molecule has 148 valence electrons. The molecule has 0 bridgehead atoms. The van der Waals surface area contributed by atoms with Gasteiger partial charge in [-0.3, -0.25) is 4.79 Å². The lowest BCUT2D eigenvalue weighted by atomic mass is 10.0. The maximum Gasteiger partial charge on any atom is 0.254 e. The number of fused-ring (bicyclic) bond motifs is 3. The summed E-state index contributed by atoms with van der Waals surface area (Å²) in [6.07, 6.45) is 0. The second-order valence-electron chi connectivity index (χ2n) is 7.32. The van der Waals surface area contributed by atoms with Gasteiger partial charge in [0.1, 0.15) is 5.82 Å². The number of carbonyl (C=O) groups excluding carboxylic acids is 1. The number of nitrogens with two attached hydrogens (primary N) is 1. The van der Waals surface area contributed by atoms with Crippen molar-refractivity contribution in [2.24, 2.45) is 0 Å². The third kappa shape index (κ3) is 3.23. The number of ether oxygens (including phenoxy) is 2. The Balaban J connectivity index is 1.53. The Hall–Kier alpha value is -2.67. The highest BCUT2D eigenvalue weighted by Crippen LogP contribution is 2.33. The van der Waals surface area contributed by atoms with Crippen LogP contribution >= 0.6 is 11.6 Å². The molecule has 0 radical (unpaired) electrons. The molecule has 1 fully saturated rings. The summed E-state index contributed by atoms with van der Waals surface area (Å²) in [4.78, 5) is 19.8. The lowest BCUT2D eigenvalue weighted by Gasteiger charge is -2.36. The summed E-state index contributed by atoms with van der Waals surface area (Å²) in [7, 11) is 0. The quantitative estimate of drug-likeness (QED) is 0.698. The van der Waals surface area contributed by atoms with Gasteiger partial charge in [-0.1, -0.05) is 23.7 Å². The fourth-order valence-corrected chi connectivity index (χ4v) is 4.31. The van der Waals surface area contributed by atoms with Crippen LogP contribution in [-0.2, 0) is 22.7 Å². The van der Waals surface area contributed by atoms with E-state index in [1.807, 2.05) is 47.4 Å². The van der Waals surface area contributed by atoms with Crippen molar-refractivity contribution < 1.29 is 14.3 Å². The topological polar surface area (TPSA) is 77.7 Å². The minimum absolute atomic E-state index is 0.0373. The van der Waals surface area contributed by atoms with Crippen molar-refractivity contribution in [3.63, 3.8) is 0 Å². The van der Waals surface area contributed by atoms with E-state index in [0.717, 1.165) is 27.6 Å². The van der Waals surface area contributed by atoms with Crippen LogP contribution in [-0.4, -0.2) is 35.5 Å². The summed E-state index contributed by atoms with van der Waals surface area (Å²) in [5.41, 5.74) is 10.4. The molecule has 1 aromatic heterocycles. The first-order chi connectivity index (χ1) is 14.1. The summed E-state index contributed by atoms with van der Waals surface area (Å²) in [5.74, 6) is 0.461. The van der Waals surface area contributed by atoms with Crippen LogP contribution in [0.25, 0.3) is 10.9 Å². The third-order valence-electron chi connectivity index (χ3n) is 5.60. The highest BCUT2D eigenvalue weighted by molar-refractivity contribution is 6.30. The van der Waals surface area contributed by atoms with Gasteiger partial charge in [0.25, 0.3) is 5.91 Å². The number of benzene rings is 2. The zero-order valence-electron chi connectivity index (χ0n) is 15.7. The number of amides is 1. The normalized spacial score (nSPS) is 18.8. The van der Waals surface area contributed by atoms with Gasteiger partial charge in [0, 0.05) is 28.1 Å². The maximum absolute atomic E-state index is 13.4.